The molecule has 25 heavy (non-hydrogen) atoms. The highest BCUT2D eigenvalue weighted by molar-refractivity contribution is 6.07. The summed E-state index contributed by atoms with van der Waals surface area (Å²) in [7, 11) is 1.72. The average Bonchev–Trinajstić information content (AvgIpc) is 3.14. The van der Waals surface area contributed by atoms with Crippen LogP contribution in [0.3, 0.4) is 0 Å². The van der Waals surface area contributed by atoms with Crippen LogP contribution in [0.5, 0.6) is 0 Å². The largest absolute Gasteiger partial charge is 0.380 e. The quantitative estimate of drug-likeness (QED) is 0.862. The van der Waals surface area contributed by atoms with Crippen LogP contribution in [0.1, 0.15) is 35.0 Å². The molecule has 1 saturated heterocycles. The van der Waals surface area contributed by atoms with Gasteiger partial charge in [-0.2, -0.15) is 0 Å². The minimum absolute atomic E-state index is 0.132. The number of rotatable bonds is 3. The Hall–Kier alpha value is -1.98. The van der Waals surface area contributed by atoms with Crippen LogP contribution in [0.25, 0.3) is 10.9 Å². The summed E-state index contributed by atoms with van der Waals surface area (Å²) in [4.78, 5) is 22.6. The Morgan fingerprint density at radius 2 is 2.16 bits per heavy atom. The summed E-state index contributed by atoms with van der Waals surface area (Å²) in [6.45, 7) is 6.43. The van der Waals surface area contributed by atoms with Crippen molar-refractivity contribution in [2.75, 3.05) is 33.3 Å². The zero-order valence-corrected chi connectivity index (χ0v) is 15.0. The summed E-state index contributed by atoms with van der Waals surface area (Å²) in [5, 5.41) is 0.977. The van der Waals surface area contributed by atoms with Crippen molar-refractivity contribution in [1.29, 1.82) is 0 Å². The number of likely N-dealkylation sites (N-methyl/N-ethyl adjacent to an activating group) is 1. The monoisotopic (exact) mass is 339 g/mol. The van der Waals surface area contributed by atoms with E-state index in [0.29, 0.717) is 6.54 Å². The SMILES string of the molecule is CCN1CCc2nc3ccccc3c(C(=O)N3CCC(OC)C3)c2C1. The maximum Gasteiger partial charge on any atom is 0.255 e. The number of nitrogens with zero attached hydrogens (tertiary/aromatic N) is 3. The first-order chi connectivity index (χ1) is 12.2. The first-order valence-electron chi connectivity index (χ1n) is 9.16. The lowest BCUT2D eigenvalue weighted by Gasteiger charge is -2.30. The van der Waals surface area contributed by atoms with E-state index in [0.717, 1.165) is 66.7 Å². The Kier molecular flexibility index (Phi) is 4.44. The predicted octanol–water partition coefficient (Wildman–Crippen LogP) is 2.47. The molecule has 2 aromatic rings. The number of hydrogen-bond donors (Lipinski definition) is 0. The number of ether oxygens (including phenoxy) is 1. The number of aromatic nitrogens is 1. The molecule has 4 rings (SSSR count). The second kappa shape index (κ2) is 6.73. The van der Waals surface area contributed by atoms with Gasteiger partial charge >= 0.3 is 0 Å². The van der Waals surface area contributed by atoms with Crippen molar-refractivity contribution in [2.24, 2.45) is 0 Å². The zero-order valence-electron chi connectivity index (χ0n) is 15.0. The van der Waals surface area contributed by atoms with Crippen LogP contribution in [0.2, 0.25) is 0 Å². The van der Waals surface area contributed by atoms with Crippen molar-refractivity contribution in [3.05, 3.63) is 41.1 Å². The number of hydrogen-bond acceptors (Lipinski definition) is 4. The Balaban J connectivity index is 1.82. The number of likely N-dealkylation sites (tertiary alicyclic amines) is 1. The summed E-state index contributed by atoms with van der Waals surface area (Å²) in [5.41, 5.74) is 4.00. The summed E-state index contributed by atoms with van der Waals surface area (Å²) in [6.07, 6.45) is 1.98. The lowest BCUT2D eigenvalue weighted by molar-refractivity contribution is 0.0723. The molecule has 0 bridgehead atoms. The molecule has 1 fully saturated rings. The molecule has 5 heteroatoms. The van der Waals surface area contributed by atoms with Gasteiger partial charge < -0.3 is 9.64 Å². The van der Waals surface area contributed by atoms with Gasteiger partial charge in [-0.15, -0.1) is 0 Å². The highest BCUT2D eigenvalue weighted by Crippen LogP contribution is 2.30. The molecule has 1 atom stereocenters. The van der Waals surface area contributed by atoms with Crippen molar-refractivity contribution in [1.82, 2.24) is 14.8 Å². The molecule has 2 aliphatic rings. The third-order valence-corrected chi connectivity index (χ3v) is 5.55. The van der Waals surface area contributed by atoms with Gasteiger partial charge in [-0.1, -0.05) is 25.1 Å². The molecule has 132 valence electrons. The van der Waals surface area contributed by atoms with Crippen molar-refractivity contribution in [2.45, 2.75) is 32.4 Å². The third kappa shape index (κ3) is 2.92. The summed E-state index contributed by atoms with van der Waals surface area (Å²) in [6, 6.07) is 8.04. The van der Waals surface area contributed by atoms with Gasteiger partial charge in [-0.3, -0.25) is 14.7 Å². The number of amides is 1. The molecule has 1 unspecified atom stereocenters. The minimum atomic E-state index is 0.132. The van der Waals surface area contributed by atoms with E-state index in [1.807, 2.05) is 29.2 Å². The minimum Gasteiger partial charge on any atom is -0.380 e. The first-order valence-corrected chi connectivity index (χ1v) is 9.16. The average molecular weight is 339 g/mol. The maximum absolute atomic E-state index is 13.4. The van der Waals surface area contributed by atoms with Crippen LogP contribution < -0.4 is 0 Å². The standard InChI is InChI=1S/C20H25N3O2/c1-3-22-10-9-18-16(13-22)19(15-6-4-5-7-17(15)21-18)20(24)23-11-8-14(12-23)25-2/h4-7,14H,3,8-13H2,1-2H3. The molecule has 5 nitrogen and oxygen atoms in total. The Labute approximate surface area is 148 Å². The van der Waals surface area contributed by atoms with Gasteiger partial charge in [0.2, 0.25) is 0 Å². The lowest BCUT2D eigenvalue weighted by Crippen LogP contribution is -2.35. The number of carbonyl (C=O) groups excluding carboxylic acids is 1. The number of fused-ring (bicyclic) bond motifs is 2. The van der Waals surface area contributed by atoms with Gasteiger partial charge in [-0.05, 0) is 19.0 Å². The third-order valence-electron chi connectivity index (χ3n) is 5.55. The number of carbonyl (C=O) groups is 1. The van der Waals surface area contributed by atoms with E-state index in [9.17, 15) is 4.79 Å². The van der Waals surface area contributed by atoms with Crippen LogP contribution in [-0.2, 0) is 17.7 Å². The van der Waals surface area contributed by atoms with Gasteiger partial charge in [0, 0.05) is 56.4 Å². The normalized spacial score (nSPS) is 20.9. The lowest BCUT2D eigenvalue weighted by atomic mass is 9.95. The molecular weight excluding hydrogens is 314 g/mol. The van der Waals surface area contributed by atoms with Gasteiger partial charge in [0.25, 0.3) is 5.91 Å². The molecule has 3 heterocycles. The van der Waals surface area contributed by atoms with Gasteiger partial charge in [-0.25, -0.2) is 0 Å². The first kappa shape index (κ1) is 16.5. The smallest absolute Gasteiger partial charge is 0.255 e. The van der Waals surface area contributed by atoms with Gasteiger partial charge in [0.15, 0.2) is 0 Å². The Bertz CT molecular complexity index is 805. The van der Waals surface area contributed by atoms with E-state index in [1.54, 1.807) is 7.11 Å². The fraction of sp³-hybridized carbons (Fsp3) is 0.500. The molecule has 1 aromatic heterocycles. The highest BCUT2D eigenvalue weighted by Gasteiger charge is 2.31. The van der Waals surface area contributed by atoms with E-state index in [2.05, 4.69) is 11.8 Å². The molecule has 0 N–H and O–H groups in total. The van der Waals surface area contributed by atoms with Crippen LogP contribution in [-0.4, -0.2) is 60.1 Å². The van der Waals surface area contributed by atoms with Crippen molar-refractivity contribution >= 4 is 16.8 Å². The van der Waals surface area contributed by atoms with Crippen molar-refractivity contribution in [3.63, 3.8) is 0 Å². The van der Waals surface area contributed by atoms with Gasteiger partial charge in [0.05, 0.1) is 17.2 Å². The molecule has 0 spiro atoms. The Morgan fingerprint density at radius 1 is 1.32 bits per heavy atom. The van der Waals surface area contributed by atoms with E-state index < -0.39 is 0 Å². The molecule has 0 saturated carbocycles. The second-order valence-corrected chi connectivity index (χ2v) is 6.95. The molecule has 2 aliphatic heterocycles. The topological polar surface area (TPSA) is 45.7 Å². The second-order valence-electron chi connectivity index (χ2n) is 6.95. The molecule has 1 amide bonds. The van der Waals surface area contributed by atoms with Crippen LogP contribution in [0, 0.1) is 0 Å². The van der Waals surface area contributed by atoms with E-state index in [-0.39, 0.29) is 12.0 Å². The van der Waals surface area contributed by atoms with Gasteiger partial charge in [0.1, 0.15) is 0 Å². The fourth-order valence-corrected chi connectivity index (χ4v) is 4.02. The number of benzene rings is 1. The molecule has 0 radical (unpaired) electrons. The van der Waals surface area contributed by atoms with Crippen LogP contribution >= 0.6 is 0 Å². The van der Waals surface area contributed by atoms with Crippen LogP contribution in [0.15, 0.2) is 24.3 Å². The number of methoxy groups -OCH3 is 1. The highest BCUT2D eigenvalue weighted by atomic mass is 16.5. The Morgan fingerprint density at radius 3 is 2.92 bits per heavy atom. The molecule has 0 aliphatic carbocycles. The predicted molar refractivity (Wildman–Crippen MR) is 97.7 cm³/mol. The van der Waals surface area contributed by atoms with E-state index in [4.69, 9.17) is 9.72 Å². The zero-order chi connectivity index (χ0) is 17.4. The maximum atomic E-state index is 13.4. The number of pyridine rings is 1. The van der Waals surface area contributed by atoms with E-state index >= 15 is 0 Å². The summed E-state index contributed by atoms with van der Waals surface area (Å²) >= 11 is 0. The van der Waals surface area contributed by atoms with Crippen molar-refractivity contribution < 1.29 is 9.53 Å². The van der Waals surface area contributed by atoms with Crippen molar-refractivity contribution in [3.8, 4) is 0 Å². The fourth-order valence-electron chi connectivity index (χ4n) is 4.02. The van der Waals surface area contributed by atoms with E-state index in [1.165, 1.54) is 0 Å². The van der Waals surface area contributed by atoms with Crippen LogP contribution in [0.4, 0.5) is 0 Å². The number of para-hydroxylation sites is 1. The summed E-state index contributed by atoms with van der Waals surface area (Å²) < 4.78 is 5.45. The molecular formula is C20H25N3O2. The summed E-state index contributed by atoms with van der Waals surface area (Å²) in [5.74, 6) is 0.132. The molecule has 1 aromatic carbocycles.